The first-order valence-electron chi connectivity index (χ1n) is 10.2. The highest BCUT2D eigenvalue weighted by atomic mass is 19.1. The van der Waals surface area contributed by atoms with Crippen LogP contribution in [0.2, 0.25) is 0 Å². The molecule has 0 bridgehead atoms. The molecule has 2 saturated heterocycles. The van der Waals surface area contributed by atoms with E-state index in [1.807, 2.05) is 17.0 Å². The van der Waals surface area contributed by atoms with Crippen molar-refractivity contribution < 1.29 is 14.3 Å². The van der Waals surface area contributed by atoms with Crippen molar-refractivity contribution in [2.75, 3.05) is 37.6 Å². The summed E-state index contributed by atoms with van der Waals surface area (Å²) < 4.78 is 14.2. The Balaban J connectivity index is 1.45. The van der Waals surface area contributed by atoms with Gasteiger partial charge in [-0.05, 0) is 36.1 Å². The average Bonchev–Trinajstić information content (AvgIpc) is 2.97. The molecule has 2 aromatic rings. The zero-order chi connectivity index (χ0) is 20.0. The first-order chi connectivity index (χ1) is 14.1. The van der Waals surface area contributed by atoms with E-state index < -0.39 is 6.10 Å². The number of piperidine rings is 1. The van der Waals surface area contributed by atoms with Crippen LogP contribution in [0.3, 0.4) is 0 Å². The molecule has 1 spiro atoms. The molecule has 3 heterocycles. The lowest BCUT2D eigenvalue weighted by molar-refractivity contribution is -0.126. The molecule has 2 N–H and O–H groups in total. The van der Waals surface area contributed by atoms with Gasteiger partial charge in [-0.2, -0.15) is 0 Å². The predicted octanol–water partition coefficient (Wildman–Crippen LogP) is 1.61. The molecule has 2 atom stereocenters. The number of hydrogen-bond donors (Lipinski definition) is 2. The minimum atomic E-state index is -0.596. The highest BCUT2D eigenvalue weighted by Crippen LogP contribution is 2.53. The van der Waals surface area contributed by atoms with Gasteiger partial charge >= 0.3 is 0 Å². The monoisotopic (exact) mass is 396 g/mol. The van der Waals surface area contributed by atoms with Crippen molar-refractivity contribution in [2.24, 2.45) is 0 Å². The first-order valence-corrected chi connectivity index (χ1v) is 10.2. The van der Waals surface area contributed by atoms with Gasteiger partial charge in [0.25, 0.3) is 0 Å². The minimum absolute atomic E-state index is 0.00216. The summed E-state index contributed by atoms with van der Waals surface area (Å²) >= 11 is 0. The van der Waals surface area contributed by atoms with Crippen molar-refractivity contribution >= 4 is 11.7 Å². The van der Waals surface area contributed by atoms with Gasteiger partial charge in [-0.15, -0.1) is 0 Å². The highest BCUT2D eigenvalue weighted by molar-refractivity contribution is 5.78. The fourth-order valence-corrected chi connectivity index (χ4v) is 5.42. The second-order valence-corrected chi connectivity index (χ2v) is 8.25. The van der Waals surface area contributed by atoms with Gasteiger partial charge in [0.15, 0.2) is 11.6 Å². The molecule has 5 rings (SSSR count). The summed E-state index contributed by atoms with van der Waals surface area (Å²) in [7, 11) is 0. The number of aromatic nitrogens is 1. The lowest BCUT2D eigenvalue weighted by Gasteiger charge is -2.44. The lowest BCUT2D eigenvalue weighted by Crippen LogP contribution is -2.54. The largest absolute Gasteiger partial charge is 0.390 e. The molecule has 7 heteroatoms. The van der Waals surface area contributed by atoms with Crippen LogP contribution in [0.5, 0.6) is 0 Å². The molecule has 152 valence electrons. The van der Waals surface area contributed by atoms with E-state index in [2.05, 4.69) is 27.3 Å². The number of aliphatic hydroxyl groups excluding tert-OH is 1. The van der Waals surface area contributed by atoms with Crippen molar-refractivity contribution in [3.8, 4) is 0 Å². The topological polar surface area (TPSA) is 68.7 Å². The normalized spacial score (nSPS) is 26.4. The maximum Gasteiger partial charge on any atom is 0.234 e. The van der Waals surface area contributed by atoms with Crippen LogP contribution in [0, 0.1) is 5.82 Å². The van der Waals surface area contributed by atoms with Gasteiger partial charge in [0, 0.05) is 37.8 Å². The number of pyridine rings is 1. The van der Waals surface area contributed by atoms with E-state index in [9.17, 15) is 14.3 Å². The summed E-state index contributed by atoms with van der Waals surface area (Å²) in [6, 6.07) is 11.1. The van der Waals surface area contributed by atoms with Crippen molar-refractivity contribution in [1.29, 1.82) is 0 Å². The third-order valence-corrected chi connectivity index (χ3v) is 6.84. The van der Waals surface area contributed by atoms with Gasteiger partial charge in [0.2, 0.25) is 5.91 Å². The number of nitrogens with one attached hydrogen (secondary N) is 1. The van der Waals surface area contributed by atoms with Gasteiger partial charge < -0.3 is 15.3 Å². The number of fused-ring (bicyclic) bond motifs is 2. The zero-order valence-corrected chi connectivity index (χ0v) is 16.2. The Hall–Kier alpha value is -2.51. The Bertz CT molecular complexity index is 929. The molecule has 1 aliphatic carbocycles. The molecule has 0 radical (unpaired) electrons. The summed E-state index contributed by atoms with van der Waals surface area (Å²) in [5.74, 6) is 0.0720. The summed E-state index contributed by atoms with van der Waals surface area (Å²) in [4.78, 5) is 20.2. The third kappa shape index (κ3) is 2.91. The summed E-state index contributed by atoms with van der Waals surface area (Å²) in [6.45, 7) is 2.89. The van der Waals surface area contributed by atoms with E-state index >= 15 is 0 Å². The van der Waals surface area contributed by atoms with E-state index in [1.54, 1.807) is 12.3 Å². The molecule has 6 nitrogen and oxygen atoms in total. The summed E-state index contributed by atoms with van der Waals surface area (Å²) in [5.41, 5.74) is 1.91. The maximum atomic E-state index is 14.2. The smallest absolute Gasteiger partial charge is 0.234 e. The van der Waals surface area contributed by atoms with Crippen molar-refractivity contribution in [1.82, 2.24) is 15.2 Å². The van der Waals surface area contributed by atoms with Gasteiger partial charge in [0.1, 0.15) is 0 Å². The molecule has 1 amide bonds. The number of amides is 1. The molecule has 2 aliphatic heterocycles. The zero-order valence-electron chi connectivity index (χ0n) is 16.2. The van der Waals surface area contributed by atoms with E-state index in [0.717, 1.165) is 24.9 Å². The molecular formula is C22H25FN4O2. The van der Waals surface area contributed by atoms with Crippen molar-refractivity contribution in [3.63, 3.8) is 0 Å². The lowest BCUT2D eigenvalue weighted by atomic mass is 9.72. The van der Waals surface area contributed by atoms with Gasteiger partial charge in [-0.1, -0.05) is 24.3 Å². The van der Waals surface area contributed by atoms with Gasteiger partial charge in [-0.25, -0.2) is 9.37 Å². The van der Waals surface area contributed by atoms with Gasteiger partial charge in [0.05, 0.1) is 18.7 Å². The number of nitrogens with zero attached hydrogens (tertiary/aromatic N) is 3. The van der Waals surface area contributed by atoms with Crippen LogP contribution in [0.25, 0.3) is 0 Å². The Kier molecular flexibility index (Phi) is 4.52. The molecule has 0 unspecified atom stereocenters. The number of rotatable bonds is 2. The molecule has 0 saturated carbocycles. The highest BCUT2D eigenvalue weighted by Gasteiger charge is 2.54. The van der Waals surface area contributed by atoms with Crippen LogP contribution in [-0.2, 0) is 10.2 Å². The van der Waals surface area contributed by atoms with Crippen LogP contribution in [0.15, 0.2) is 42.6 Å². The summed E-state index contributed by atoms with van der Waals surface area (Å²) in [6.07, 6.45) is 2.46. The van der Waals surface area contributed by atoms with E-state index in [-0.39, 0.29) is 23.2 Å². The quantitative estimate of drug-likeness (QED) is 0.807. The second kappa shape index (κ2) is 7.07. The average molecular weight is 396 g/mol. The fraction of sp³-hybridized carbons (Fsp3) is 0.455. The Morgan fingerprint density at radius 3 is 2.69 bits per heavy atom. The molecule has 29 heavy (non-hydrogen) atoms. The predicted molar refractivity (Wildman–Crippen MR) is 107 cm³/mol. The molecule has 1 aromatic carbocycles. The van der Waals surface area contributed by atoms with E-state index in [4.69, 9.17) is 0 Å². The number of halogens is 1. The Morgan fingerprint density at radius 2 is 1.93 bits per heavy atom. The standard InChI is InChI=1S/C22H25FN4O2/c23-17-6-3-9-25-21(17)26-11-7-22(8-12-26)16-5-2-1-4-15(16)19(20(22)29)27-13-10-24-18(28)14-27/h1-6,9,19-20,29H,7-8,10-14H2,(H,24,28)/t19-,20+/m1/s1. The van der Waals surface area contributed by atoms with Crippen LogP contribution in [-0.4, -0.2) is 59.7 Å². The SMILES string of the molecule is O=C1CN([C@@H]2c3ccccc3C3(CCN(c4ncccc4F)CC3)[C@H]2O)CCN1. The summed E-state index contributed by atoms with van der Waals surface area (Å²) in [5, 5.41) is 14.4. The number of carbonyl (C=O) groups excluding carboxylic acids is 1. The molecule has 2 fully saturated rings. The maximum absolute atomic E-state index is 14.2. The molecular weight excluding hydrogens is 371 g/mol. The number of aliphatic hydroxyl groups is 1. The second-order valence-electron chi connectivity index (χ2n) is 8.25. The number of hydrogen-bond acceptors (Lipinski definition) is 5. The van der Waals surface area contributed by atoms with Crippen LogP contribution in [0.1, 0.15) is 30.0 Å². The minimum Gasteiger partial charge on any atom is -0.390 e. The number of anilines is 1. The van der Waals surface area contributed by atoms with Crippen LogP contribution in [0.4, 0.5) is 10.2 Å². The van der Waals surface area contributed by atoms with E-state index in [1.165, 1.54) is 11.6 Å². The molecule has 1 aromatic heterocycles. The van der Waals surface area contributed by atoms with Crippen LogP contribution >= 0.6 is 0 Å². The van der Waals surface area contributed by atoms with Crippen molar-refractivity contribution in [3.05, 3.63) is 59.5 Å². The van der Waals surface area contributed by atoms with Crippen LogP contribution < -0.4 is 10.2 Å². The number of carbonyl (C=O) groups is 1. The third-order valence-electron chi connectivity index (χ3n) is 6.84. The number of benzene rings is 1. The number of piperazine rings is 1. The van der Waals surface area contributed by atoms with Gasteiger partial charge in [-0.3, -0.25) is 9.69 Å². The van der Waals surface area contributed by atoms with E-state index in [0.29, 0.717) is 32.0 Å². The first kappa shape index (κ1) is 18.5. The molecule has 3 aliphatic rings. The Morgan fingerprint density at radius 1 is 1.14 bits per heavy atom. The fourth-order valence-electron chi connectivity index (χ4n) is 5.42. The Labute approximate surface area is 169 Å². The van der Waals surface area contributed by atoms with Crippen molar-refractivity contribution in [2.45, 2.75) is 30.4 Å².